The van der Waals surface area contributed by atoms with Gasteiger partial charge in [0.1, 0.15) is 5.70 Å². The Hall–Kier alpha value is -1.81. The van der Waals surface area contributed by atoms with Gasteiger partial charge in [-0.15, -0.1) is 0 Å². The maximum absolute atomic E-state index is 11.4. The van der Waals surface area contributed by atoms with Gasteiger partial charge in [-0.1, -0.05) is 29.8 Å². The zero-order chi connectivity index (χ0) is 11.3. The number of hydrogen-bond donors (Lipinski definition) is 2. The minimum Gasteiger partial charge on any atom is -0.477 e. The standard InChI is InChI=1S/C10H8ClNO3/c11-6-8(10(14)15)12-9(13)7-4-2-1-3-5-7/h1-6H,(H,12,13)(H,14,15)/b8-6+. The summed E-state index contributed by atoms with van der Waals surface area (Å²) in [5, 5.41) is 10.8. The fraction of sp³-hybridized carbons (Fsp3) is 0. The average molecular weight is 226 g/mol. The number of hydrogen-bond acceptors (Lipinski definition) is 2. The molecule has 1 aromatic carbocycles. The molecule has 0 bridgehead atoms. The van der Waals surface area contributed by atoms with E-state index in [4.69, 9.17) is 16.7 Å². The predicted molar refractivity (Wildman–Crippen MR) is 55.5 cm³/mol. The molecule has 1 aromatic rings. The number of carbonyl (C=O) groups is 2. The maximum atomic E-state index is 11.4. The Morgan fingerprint density at radius 3 is 2.33 bits per heavy atom. The summed E-state index contributed by atoms with van der Waals surface area (Å²) in [6, 6.07) is 8.26. The van der Waals surface area contributed by atoms with Crippen molar-refractivity contribution in [3.8, 4) is 0 Å². The molecule has 2 N–H and O–H groups in total. The topological polar surface area (TPSA) is 66.4 Å². The second-order valence-corrected chi connectivity index (χ2v) is 2.87. The van der Waals surface area contributed by atoms with E-state index in [1.807, 2.05) is 0 Å². The van der Waals surface area contributed by atoms with Crippen LogP contribution in [0.2, 0.25) is 0 Å². The fourth-order valence-corrected chi connectivity index (χ4v) is 1.06. The molecule has 5 heteroatoms. The second kappa shape index (κ2) is 5.17. The molecule has 0 fully saturated rings. The third-order valence-corrected chi connectivity index (χ3v) is 1.84. The molecule has 1 amide bonds. The van der Waals surface area contributed by atoms with Crippen LogP contribution in [0.3, 0.4) is 0 Å². The first-order valence-corrected chi connectivity index (χ1v) is 4.49. The van der Waals surface area contributed by atoms with Crippen molar-refractivity contribution in [3.63, 3.8) is 0 Å². The molecule has 0 aliphatic heterocycles. The zero-order valence-corrected chi connectivity index (χ0v) is 8.36. The van der Waals surface area contributed by atoms with Crippen molar-refractivity contribution in [2.24, 2.45) is 0 Å². The number of carboxylic acids is 1. The minimum atomic E-state index is -1.28. The van der Waals surface area contributed by atoms with Gasteiger partial charge in [-0.3, -0.25) is 4.79 Å². The van der Waals surface area contributed by atoms with E-state index in [9.17, 15) is 9.59 Å². The molecule has 0 atom stereocenters. The Morgan fingerprint density at radius 1 is 1.27 bits per heavy atom. The van der Waals surface area contributed by atoms with Gasteiger partial charge in [0.15, 0.2) is 0 Å². The number of aliphatic carboxylic acids is 1. The smallest absolute Gasteiger partial charge is 0.353 e. The van der Waals surface area contributed by atoms with E-state index in [-0.39, 0.29) is 5.70 Å². The number of nitrogens with one attached hydrogen (secondary N) is 1. The molecule has 0 heterocycles. The van der Waals surface area contributed by atoms with Crippen LogP contribution < -0.4 is 5.32 Å². The van der Waals surface area contributed by atoms with Gasteiger partial charge in [0.2, 0.25) is 0 Å². The van der Waals surface area contributed by atoms with Gasteiger partial charge < -0.3 is 10.4 Å². The van der Waals surface area contributed by atoms with Gasteiger partial charge in [-0.05, 0) is 12.1 Å². The highest BCUT2D eigenvalue weighted by atomic mass is 35.5. The molecule has 0 saturated heterocycles. The molecule has 0 aromatic heterocycles. The van der Waals surface area contributed by atoms with E-state index in [0.29, 0.717) is 5.56 Å². The summed E-state index contributed by atoms with van der Waals surface area (Å²) < 4.78 is 0. The molecule has 0 unspecified atom stereocenters. The monoisotopic (exact) mass is 225 g/mol. The van der Waals surface area contributed by atoms with Crippen molar-refractivity contribution in [3.05, 3.63) is 47.1 Å². The van der Waals surface area contributed by atoms with Gasteiger partial charge in [0.25, 0.3) is 5.91 Å². The first kappa shape index (κ1) is 11.3. The van der Waals surface area contributed by atoms with E-state index >= 15 is 0 Å². The molecule has 0 aliphatic rings. The van der Waals surface area contributed by atoms with E-state index in [2.05, 4.69) is 5.32 Å². The number of benzene rings is 1. The second-order valence-electron chi connectivity index (χ2n) is 2.65. The molecule has 0 aliphatic carbocycles. The van der Waals surface area contributed by atoms with E-state index in [0.717, 1.165) is 5.54 Å². The normalized spacial score (nSPS) is 10.9. The number of amides is 1. The zero-order valence-electron chi connectivity index (χ0n) is 7.61. The summed E-state index contributed by atoms with van der Waals surface area (Å²) in [5.41, 5.74) is 0.823. The van der Waals surface area contributed by atoms with Gasteiger partial charge in [-0.25, -0.2) is 4.79 Å². The highest BCUT2D eigenvalue weighted by Gasteiger charge is 2.11. The Balaban J connectivity index is 2.77. The lowest BCUT2D eigenvalue weighted by Crippen LogP contribution is -2.26. The van der Waals surface area contributed by atoms with Crippen molar-refractivity contribution in [1.29, 1.82) is 0 Å². The molecule has 0 radical (unpaired) electrons. The highest BCUT2D eigenvalue weighted by Crippen LogP contribution is 2.00. The van der Waals surface area contributed by atoms with Gasteiger partial charge in [0.05, 0.1) is 0 Å². The molecule has 1 rings (SSSR count). The number of halogens is 1. The summed E-state index contributed by atoms with van der Waals surface area (Å²) in [4.78, 5) is 22.0. The molecular weight excluding hydrogens is 218 g/mol. The molecule has 15 heavy (non-hydrogen) atoms. The van der Waals surface area contributed by atoms with Crippen LogP contribution in [0.1, 0.15) is 10.4 Å². The van der Waals surface area contributed by atoms with Crippen LogP contribution >= 0.6 is 11.6 Å². The van der Waals surface area contributed by atoms with Gasteiger partial charge in [0, 0.05) is 11.1 Å². The summed E-state index contributed by atoms with van der Waals surface area (Å²) in [6.45, 7) is 0. The molecule has 78 valence electrons. The lowest BCUT2D eigenvalue weighted by Gasteiger charge is -2.03. The van der Waals surface area contributed by atoms with Crippen molar-refractivity contribution in [2.75, 3.05) is 0 Å². The highest BCUT2D eigenvalue weighted by molar-refractivity contribution is 6.27. The summed E-state index contributed by atoms with van der Waals surface area (Å²) >= 11 is 5.24. The van der Waals surface area contributed by atoms with Crippen molar-refractivity contribution in [1.82, 2.24) is 5.32 Å². The SMILES string of the molecule is O=C(O)/C(=C\Cl)NC(=O)c1ccccc1. The van der Waals surface area contributed by atoms with Crippen LogP contribution in [-0.4, -0.2) is 17.0 Å². The van der Waals surface area contributed by atoms with Gasteiger partial charge >= 0.3 is 5.97 Å². The molecule has 0 saturated carbocycles. The van der Waals surface area contributed by atoms with Crippen molar-refractivity contribution >= 4 is 23.5 Å². The first-order chi connectivity index (χ1) is 7.15. The third-order valence-electron chi connectivity index (χ3n) is 1.62. The average Bonchev–Trinajstić information content (AvgIpc) is 2.26. The largest absolute Gasteiger partial charge is 0.477 e. The number of carboxylic acid groups (broad SMARTS) is 1. The van der Waals surface area contributed by atoms with Crippen LogP contribution in [0, 0.1) is 0 Å². The van der Waals surface area contributed by atoms with Crippen molar-refractivity contribution in [2.45, 2.75) is 0 Å². The lowest BCUT2D eigenvalue weighted by atomic mass is 10.2. The predicted octanol–water partition coefficient (Wildman–Crippen LogP) is 1.58. The van der Waals surface area contributed by atoms with Gasteiger partial charge in [-0.2, -0.15) is 0 Å². The Bertz CT molecular complexity index is 400. The van der Waals surface area contributed by atoms with Crippen LogP contribution in [0.5, 0.6) is 0 Å². The first-order valence-electron chi connectivity index (χ1n) is 4.05. The summed E-state index contributed by atoms with van der Waals surface area (Å²) in [7, 11) is 0. The molecule has 4 nitrogen and oxygen atoms in total. The fourth-order valence-electron chi connectivity index (χ4n) is 0.911. The van der Waals surface area contributed by atoms with E-state index in [1.165, 1.54) is 0 Å². The van der Waals surface area contributed by atoms with E-state index in [1.54, 1.807) is 30.3 Å². The molecular formula is C10H8ClNO3. The summed E-state index contributed by atoms with van der Waals surface area (Å²) in [5.74, 6) is -1.79. The Labute approximate surface area is 91.2 Å². The van der Waals surface area contributed by atoms with Crippen LogP contribution in [0.25, 0.3) is 0 Å². The van der Waals surface area contributed by atoms with Crippen LogP contribution in [0.4, 0.5) is 0 Å². The summed E-state index contributed by atoms with van der Waals surface area (Å²) in [6.07, 6.45) is 0. The minimum absolute atomic E-state index is 0.356. The van der Waals surface area contributed by atoms with E-state index < -0.39 is 11.9 Å². The molecule has 0 spiro atoms. The quantitative estimate of drug-likeness (QED) is 0.768. The van der Waals surface area contributed by atoms with Crippen LogP contribution in [0.15, 0.2) is 41.6 Å². The lowest BCUT2D eigenvalue weighted by molar-refractivity contribution is -0.133. The van der Waals surface area contributed by atoms with Crippen molar-refractivity contribution < 1.29 is 14.7 Å². The number of rotatable bonds is 3. The Kier molecular flexibility index (Phi) is 3.88. The Morgan fingerprint density at radius 2 is 1.87 bits per heavy atom. The third kappa shape index (κ3) is 3.11. The number of carbonyl (C=O) groups excluding carboxylic acids is 1. The maximum Gasteiger partial charge on any atom is 0.353 e. The van der Waals surface area contributed by atoms with Crippen LogP contribution in [-0.2, 0) is 4.79 Å².